The first-order valence-corrected chi connectivity index (χ1v) is 8.30. The lowest BCUT2D eigenvalue weighted by Crippen LogP contribution is -2.51. The van der Waals surface area contributed by atoms with Gasteiger partial charge in [0.1, 0.15) is 0 Å². The summed E-state index contributed by atoms with van der Waals surface area (Å²) in [5.41, 5.74) is 0.300. The van der Waals surface area contributed by atoms with E-state index < -0.39 is 18.5 Å². The van der Waals surface area contributed by atoms with Gasteiger partial charge in [0.05, 0.1) is 12.1 Å². The third-order valence-corrected chi connectivity index (χ3v) is 3.59. The maximum atomic E-state index is 12.0. The van der Waals surface area contributed by atoms with Gasteiger partial charge in [-0.3, -0.25) is 14.4 Å². The lowest BCUT2D eigenvalue weighted by molar-refractivity contribution is -0.140. The van der Waals surface area contributed by atoms with Gasteiger partial charge in [-0.05, 0) is 45.0 Å². The minimum Gasteiger partial charge on any atom is -0.452 e. The van der Waals surface area contributed by atoms with Crippen LogP contribution in [0.1, 0.15) is 41.5 Å². The first-order chi connectivity index (χ1) is 12.2. The van der Waals surface area contributed by atoms with Crippen LogP contribution in [-0.2, 0) is 14.3 Å². The molecule has 1 aromatic rings. The molecule has 1 aliphatic rings. The number of carbonyl (C=O) groups excluding carboxylic acids is 4. The van der Waals surface area contributed by atoms with Crippen molar-refractivity contribution < 1.29 is 23.9 Å². The molecule has 0 unspecified atom stereocenters. The highest BCUT2D eigenvalue weighted by Gasteiger charge is 2.22. The molecule has 140 valence electrons. The maximum absolute atomic E-state index is 12.0. The van der Waals surface area contributed by atoms with E-state index in [2.05, 4.69) is 10.6 Å². The van der Waals surface area contributed by atoms with Crippen LogP contribution in [0.2, 0.25) is 0 Å². The summed E-state index contributed by atoms with van der Waals surface area (Å²) in [5.74, 6) is -1.56. The van der Waals surface area contributed by atoms with Crippen molar-refractivity contribution in [3.05, 3.63) is 35.4 Å². The first-order valence-electron chi connectivity index (χ1n) is 8.30. The number of nitrogens with zero attached hydrogens (tertiary/aromatic N) is 1. The molecule has 1 saturated heterocycles. The van der Waals surface area contributed by atoms with Gasteiger partial charge in [0.15, 0.2) is 6.61 Å². The fourth-order valence-electron chi connectivity index (χ4n) is 2.32. The standard InChI is InChI=1S/C18H23N3O5/c1-18(2,3)20-16(24)12-4-6-13(7-5-12)17(25)26-11-15(23)21-9-8-19-14(22)10-21/h4-7H,8-11H2,1-3H3,(H,19,22)(H,20,24). The van der Waals surface area contributed by atoms with Gasteiger partial charge in [-0.25, -0.2) is 4.79 Å². The highest BCUT2D eigenvalue weighted by molar-refractivity contribution is 5.97. The van der Waals surface area contributed by atoms with Gasteiger partial charge in [-0.2, -0.15) is 0 Å². The Bertz CT molecular complexity index is 707. The Morgan fingerprint density at radius 2 is 1.77 bits per heavy atom. The number of hydrogen-bond donors (Lipinski definition) is 2. The van der Waals surface area contributed by atoms with Crippen LogP contribution in [0.5, 0.6) is 0 Å². The second-order valence-corrected chi connectivity index (χ2v) is 7.02. The number of esters is 1. The molecule has 8 nitrogen and oxygen atoms in total. The van der Waals surface area contributed by atoms with Crippen LogP contribution in [0.15, 0.2) is 24.3 Å². The van der Waals surface area contributed by atoms with Crippen molar-refractivity contribution in [2.45, 2.75) is 26.3 Å². The van der Waals surface area contributed by atoms with E-state index in [-0.39, 0.29) is 29.5 Å². The van der Waals surface area contributed by atoms with Gasteiger partial charge in [0, 0.05) is 24.2 Å². The monoisotopic (exact) mass is 361 g/mol. The molecule has 0 bridgehead atoms. The van der Waals surface area contributed by atoms with Gasteiger partial charge < -0.3 is 20.3 Å². The fourth-order valence-corrected chi connectivity index (χ4v) is 2.32. The molecule has 1 aliphatic heterocycles. The smallest absolute Gasteiger partial charge is 0.338 e. The van der Waals surface area contributed by atoms with Gasteiger partial charge >= 0.3 is 5.97 Å². The Morgan fingerprint density at radius 1 is 1.15 bits per heavy atom. The van der Waals surface area contributed by atoms with Gasteiger partial charge in [-0.15, -0.1) is 0 Å². The van der Waals surface area contributed by atoms with Crippen LogP contribution < -0.4 is 10.6 Å². The van der Waals surface area contributed by atoms with Gasteiger partial charge in [0.2, 0.25) is 5.91 Å². The van der Waals surface area contributed by atoms with Crippen LogP contribution in [0, 0.1) is 0 Å². The van der Waals surface area contributed by atoms with Crippen LogP contribution in [0.3, 0.4) is 0 Å². The average Bonchev–Trinajstić information content (AvgIpc) is 2.58. The summed E-state index contributed by atoms with van der Waals surface area (Å²) in [4.78, 5) is 48.7. The molecule has 1 fully saturated rings. The van der Waals surface area contributed by atoms with Crippen LogP contribution >= 0.6 is 0 Å². The molecular weight excluding hydrogens is 338 g/mol. The third-order valence-electron chi connectivity index (χ3n) is 3.59. The molecule has 0 saturated carbocycles. The van der Waals surface area contributed by atoms with Crippen molar-refractivity contribution in [3.63, 3.8) is 0 Å². The number of carbonyl (C=O) groups is 4. The summed E-state index contributed by atoms with van der Waals surface area (Å²) >= 11 is 0. The number of rotatable bonds is 4. The highest BCUT2D eigenvalue weighted by Crippen LogP contribution is 2.09. The number of nitrogens with one attached hydrogen (secondary N) is 2. The number of amides is 3. The zero-order valence-corrected chi connectivity index (χ0v) is 15.1. The van der Waals surface area contributed by atoms with E-state index in [9.17, 15) is 19.2 Å². The molecule has 1 heterocycles. The van der Waals surface area contributed by atoms with Crippen molar-refractivity contribution in [1.82, 2.24) is 15.5 Å². The van der Waals surface area contributed by atoms with Crippen molar-refractivity contribution in [2.75, 3.05) is 26.2 Å². The lowest BCUT2D eigenvalue weighted by Gasteiger charge is -2.26. The van der Waals surface area contributed by atoms with E-state index in [4.69, 9.17) is 4.74 Å². The predicted molar refractivity (Wildman–Crippen MR) is 93.5 cm³/mol. The summed E-state index contributed by atoms with van der Waals surface area (Å²) in [6.45, 7) is 5.93. The first kappa shape index (κ1) is 19.4. The zero-order chi connectivity index (χ0) is 19.3. The van der Waals surface area contributed by atoms with Crippen molar-refractivity contribution in [3.8, 4) is 0 Å². The van der Waals surface area contributed by atoms with E-state index in [1.807, 2.05) is 20.8 Å². The molecule has 2 N–H and O–H groups in total. The topological polar surface area (TPSA) is 105 Å². The van der Waals surface area contributed by atoms with E-state index >= 15 is 0 Å². The Labute approximate surface area is 151 Å². The molecule has 3 amide bonds. The second kappa shape index (κ2) is 7.99. The molecule has 0 spiro atoms. The largest absolute Gasteiger partial charge is 0.452 e. The molecule has 26 heavy (non-hydrogen) atoms. The highest BCUT2D eigenvalue weighted by atomic mass is 16.5. The van der Waals surface area contributed by atoms with E-state index in [0.29, 0.717) is 18.7 Å². The number of benzene rings is 1. The minimum atomic E-state index is -0.664. The van der Waals surface area contributed by atoms with Crippen molar-refractivity contribution in [1.29, 1.82) is 0 Å². The molecule has 1 aromatic carbocycles. The summed E-state index contributed by atoms with van der Waals surface area (Å²) in [6.07, 6.45) is 0. The summed E-state index contributed by atoms with van der Waals surface area (Å²) in [5, 5.41) is 5.44. The third kappa shape index (κ3) is 5.58. The second-order valence-electron chi connectivity index (χ2n) is 7.02. The molecule has 0 atom stereocenters. The number of ether oxygens (including phenoxy) is 1. The van der Waals surface area contributed by atoms with E-state index in [0.717, 1.165) is 0 Å². The quantitative estimate of drug-likeness (QED) is 0.752. The van der Waals surface area contributed by atoms with Crippen LogP contribution in [0.25, 0.3) is 0 Å². The fraction of sp³-hybridized carbons (Fsp3) is 0.444. The van der Waals surface area contributed by atoms with Crippen molar-refractivity contribution in [2.24, 2.45) is 0 Å². The van der Waals surface area contributed by atoms with Crippen LogP contribution in [-0.4, -0.2) is 60.4 Å². The van der Waals surface area contributed by atoms with Crippen LogP contribution in [0.4, 0.5) is 0 Å². The van der Waals surface area contributed by atoms with E-state index in [1.165, 1.54) is 29.2 Å². The summed E-state index contributed by atoms with van der Waals surface area (Å²) in [6, 6.07) is 5.99. The van der Waals surface area contributed by atoms with Crippen molar-refractivity contribution >= 4 is 23.7 Å². The molecule has 8 heteroatoms. The Balaban J connectivity index is 1.88. The Kier molecular flexibility index (Phi) is 5.97. The molecule has 2 rings (SSSR count). The Hall–Kier alpha value is -2.90. The summed E-state index contributed by atoms with van der Waals surface area (Å²) in [7, 11) is 0. The van der Waals surface area contributed by atoms with Gasteiger partial charge in [-0.1, -0.05) is 0 Å². The molecule has 0 aromatic heterocycles. The molecule has 0 aliphatic carbocycles. The van der Waals surface area contributed by atoms with Gasteiger partial charge in [0.25, 0.3) is 11.8 Å². The summed E-state index contributed by atoms with van der Waals surface area (Å²) < 4.78 is 5.00. The normalized spacial score (nSPS) is 14.4. The Morgan fingerprint density at radius 3 is 2.35 bits per heavy atom. The number of hydrogen-bond acceptors (Lipinski definition) is 5. The van der Waals surface area contributed by atoms with E-state index in [1.54, 1.807) is 0 Å². The SMILES string of the molecule is CC(C)(C)NC(=O)c1ccc(C(=O)OCC(=O)N2CCNC(=O)C2)cc1. The average molecular weight is 361 g/mol. The zero-order valence-electron chi connectivity index (χ0n) is 15.1. The lowest BCUT2D eigenvalue weighted by atomic mass is 10.1. The maximum Gasteiger partial charge on any atom is 0.338 e. The molecule has 0 radical (unpaired) electrons. The molecular formula is C18H23N3O5. The predicted octanol–water partition coefficient (Wildman–Crippen LogP) is 0.330. The number of piperazine rings is 1. The minimum absolute atomic E-state index is 0.0338.